The summed E-state index contributed by atoms with van der Waals surface area (Å²) in [6, 6.07) is 17.2. The zero-order valence-electron chi connectivity index (χ0n) is 12.8. The lowest BCUT2D eigenvalue weighted by Gasteiger charge is -2.07. The summed E-state index contributed by atoms with van der Waals surface area (Å²) in [5.41, 5.74) is 2.40. The average molecular weight is 324 g/mol. The van der Waals surface area contributed by atoms with Gasteiger partial charge in [0, 0.05) is 30.2 Å². The van der Waals surface area contributed by atoms with Crippen LogP contribution in [0, 0.1) is 10.1 Å². The lowest BCUT2D eigenvalue weighted by Crippen LogP contribution is -1.99. The van der Waals surface area contributed by atoms with Crippen LogP contribution in [0.2, 0.25) is 0 Å². The fraction of sp³-hybridized carbons (Fsp3) is 0.111. The summed E-state index contributed by atoms with van der Waals surface area (Å²) >= 11 is 0. The molecule has 122 valence electrons. The molecular formula is C18H16N2O4. The Morgan fingerprint density at radius 2 is 1.62 bits per heavy atom. The second-order valence-corrected chi connectivity index (χ2v) is 5.52. The normalized spacial score (nSPS) is 10.7. The Kier molecular flexibility index (Phi) is 4.20. The molecule has 0 aliphatic carbocycles. The first-order valence-electron chi connectivity index (χ1n) is 7.42. The van der Waals surface area contributed by atoms with E-state index in [4.69, 9.17) is 0 Å². The van der Waals surface area contributed by atoms with Gasteiger partial charge in [-0.25, -0.2) is 0 Å². The largest absolute Gasteiger partial charge is 0.494 e. The van der Waals surface area contributed by atoms with Crippen LogP contribution in [0.3, 0.4) is 0 Å². The molecule has 0 aliphatic rings. The third-order valence-corrected chi connectivity index (χ3v) is 3.85. The number of hydrogen-bond acceptors (Lipinski definition) is 4. The summed E-state index contributed by atoms with van der Waals surface area (Å²) in [6.45, 7) is 0.227. The molecular weight excluding hydrogens is 308 g/mol. The predicted octanol–water partition coefficient (Wildman–Crippen LogP) is 3.45. The van der Waals surface area contributed by atoms with Crippen LogP contribution in [-0.2, 0) is 13.0 Å². The van der Waals surface area contributed by atoms with Gasteiger partial charge in [-0.3, -0.25) is 14.7 Å². The molecule has 0 radical (unpaired) electrons. The number of aromatic nitrogens is 1. The van der Waals surface area contributed by atoms with E-state index in [2.05, 4.69) is 0 Å². The Balaban J connectivity index is 1.82. The van der Waals surface area contributed by atoms with Gasteiger partial charge in [-0.05, 0) is 11.1 Å². The van der Waals surface area contributed by atoms with Crippen LogP contribution in [0.4, 0.5) is 5.69 Å². The van der Waals surface area contributed by atoms with Gasteiger partial charge in [-0.2, -0.15) is 0 Å². The van der Waals surface area contributed by atoms with Gasteiger partial charge in [-0.15, -0.1) is 0 Å². The van der Waals surface area contributed by atoms with E-state index >= 15 is 0 Å². The maximum atomic E-state index is 10.7. The van der Waals surface area contributed by atoms with Crippen molar-refractivity contribution in [2.45, 2.75) is 13.0 Å². The molecule has 0 saturated carbocycles. The summed E-state index contributed by atoms with van der Waals surface area (Å²) in [4.78, 5) is 10.2. The topological polar surface area (TPSA) is 88.5 Å². The molecule has 24 heavy (non-hydrogen) atoms. The number of hydrogen-bond donors (Lipinski definition) is 2. The quantitative estimate of drug-likeness (QED) is 0.556. The van der Waals surface area contributed by atoms with E-state index in [0.29, 0.717) is 12.0 Å². The molecule has 2 aromatic carbocycles. The maximum Gasteiger partial charge on any atom is 0.269 e. The fourth-order valence-electron chi connectivity index (χ4n) is 2.59. The van der Waals surface area contributed by atoms with Gasteiger partial charge in [0.05, 0.1) is 11.5 Å². The van der Waals surface area contributed by atoms with Gasteiger partial charge in [0.1, 0.15) is 0 Å². The zero-order chi connectivity index (χ0) is 17.1. The monoisotopic (exact) mass is 324 g/mol. The average Bonchev–Trinajstić information content (AvgIpc) is 2.84. The van der Waals surface area contributed by atoms with E-state index in [-0.39, 0.29) is 24.0 Å². The van der Waals surface area contributed by atoms with E-state index in [9.17, 15) is 20.3 Å². The number of nitrogens with zero attached hydrogens (tertiary/aromatic N) is 2. The Bertz CT molecular complexity index is 855. The summed E-state index contributed by atoms with van der Waals surface area (Å²) in [5.74, 6) is -0.0495. The molecule has 2 N–H and O–H groups in total. The summed E-state index contributed by atoms with van der Waals surface area (Å²) in [7, 11) is 0. The van der Waals surface area contributed by atoms with Gasteiger partial charge < -0.3 is 10.2 Å². The first kappa shape index (κ1) is 15.6. The van der Waals surface area contributed by atoms with Crippen LogP contribution < -0.4 is 0 Å². The van der Waals surface area contributed by atoms with Crippen molar-refractivity contribution in [2.75, 3.05) is 0 Å². The molecule has 0 unspecified atom stereocenters. The van der Waals surface area contributed by atoms with Crippen molar-refractivity contribution in [1.29, 1.82) is 0 Å². The first-order chi connectivity index (χ1) is 11.5. The number of nitro benzene ring substituents is 1. The van der Waals surface area contributed by atoms with Crippen molar-refractivity contribution in [2.24, 2.45) is 0 Å². The third-order valence-electron chi connectivity index (χ3n) is 3.85. The Morgan fingerprint density at radius 1 is 0.958 bits per heavy atom. The van der Waals surface area contributed by atoms with E-state index in [1.165, 1.54) is 22.8 Å². The number of aromatic hydroxyl groups is 2. The highest BCUT2D eigenvalue weighted by Crippen LogP contribution is 2.30. The Hall–Kier alpha value is -3.28. The van der Waals surface area contributed by atoms with Crippen LogP contribution >= 0.6 is 0 Å². The van der Waals surface area contributed by atoms with E-state index in [1.54, 1.807) is 12.1 Å². The van der Waals surface area contributed by atoms with Crippen LogP contribution in [0.15, 0.2) is 60.7 Å². The second kappa shape index (κ2) is 6.45. The number of non-ortho nitro benzene ring substituents is 1. The molecule has 0 fully saturated rings. The van der Waals surface area contributed by atoms with Gasteiger partial charge in [0.2, 0.25) is 0 Å². The van der Waals surface area contributed by atoms with E-state index in [0.717, 1.165) is 11.1 Å². The highest BCUT2D eigenvalue weighted by molar-refractivity contribution is 5.40. The molecule has 3 aromatic rings. The molecule has 1 aromatic heterocycles. The van der Waals surface area contributed by atoms with E-state index in [1.807, 2.05) is 30.3 Å². The molecule has 6 heteroatoms. The van der Waals surface area contributed by atoms with Crippen molar-refractivity contribution in [3.05, 3.63) is 87.5 Å². The molecule has 1 heterocycles. The SMILES string of the molecule is O=[N+]([O-])c1ccc(Cn2c(O)cc(Cc3ccccc3)c2O)cc1. The standard InChI is InChI=1S/C18H16N2O4/c21-17-11-15(10-13-4-2-1-3-5-13)18(22)19(17)12-14-6-8-16(9-7-14)20(23)24/h1-9,11,21-22H,10,12H2. The van der Waals surface area contributed by atoms with Crippen LogP contribution in [0.25, 0.3) is 0 Å². The highest BCUT2D eigenvalue weighted by Gasteiger charge is 2.15. The minimum atomic E-state index is -0.466. The molecule has 6 nitrogen and oxygen atoms in total. The van der Waals surface area contributed by atoms with Gasteiger partial charge in [0.25, 0.3) is 5.69 Å². The summed E-state index contributed by atoms with van der Waals surface area (Å²) in [6.07, 6.45) is 0.507. The lowest BCUT2D eigenvalue weighted by molar-refractivity contribution is -0.384. The molecule has 0 aliphatic heterocycles. The summed E-state index contributed by atoms with van der Waals surface area (Å²) in [5, 5.41) is 31.1. The first-order valence-corrected chi connectivity index (χ1v) is 7.42. The van der Waals surface area contributed by atoms with Crippen LogP contribution in [0.1, 0.15) is 16.7 Å². The van der Waals surface area contributed by atoms with Crippen molar-refractivity contribution in [3.8, 4) is 11.8 Å². The Morgan fingerprint density at radius 3 is 2.25 bits per heavy atom. The number of benzene rings is 2. The van der Waals surface area contributed by atoms with Gasteiger partial charge in [0.15, 0.2) is 11.8 Å². The third kappa shape index (κ3) is 3.22. The van der Waals surface area contributed by atoms with Crippen LogP contribution in [0.5, 0.6) is 11.8 Å². The van der Waals surface area contributed by atoms with Crippen LogP contribution in [-0.4, -0.2) is 19.7 Å². The molecule has 0 saturated heterocycles. The second-order valence-electron chi connectivity index (χ2n) is 5.52. The van der Waals surface area contributed by atoms with Crippen molar-refractivity contribution < 1.29 is 15.1 Å². The molecule has 0 bridgehead atoms. The predicted molar refractivity (Wildman–Crippen MR) is 89.2 cm³/mol. The highest BCUT2D eigenvalue weighted by atomic mass is 16.6. The smallest absolute Gasteiger partial charge is 0.269 e. The van der Waals surface area contributed by atoms with Crippen molar-refractivity contribution in [3.63, 3.8) is 0 Å². The fourth-order valence-corrected chi connectivity index (χ4v) is 2.59. The van der Waals surface area contributed by atoms with Gasteiger partial charge >= 0.3 is 0 Å². The molecule has 3 rings (SSSR count). The summed E-state index contributed by atoms with van der Waals surface area (Å²) < 4.78 is 1.37. The minimum absolute atomic E-state index is 0.00414. The molecule has 0 atom stereocenters. The van der Waals surface area contributed by atoms with Crippen molar-refractivity contribution >= 4 is 5.69 Å². The Labute approximate surface area is 138 Å². The number of rotatable bonds is 5. The molecule has 0 spiro atoms. The van der Waals surface area contributed by atoms with Crippen molar-refractivity contribution in [1.82, 2.24) is 4.57 Å². The van der Waals surface area contributed by atoms with Gasteiger partial charge in [-0.1, -0.05) is 42.5 Å². The van der Waals surface area contributed by atoms with E-state index < -0.39 is 4.92 Å². The zero-order valence-corrected chi connectivity index (χ0v) is 12.8. The number of nitro groups is 1. The molecule has 0 amide bonds. The maximum absolute atomic E-state index is 10.7. The minimum Gasteiger partial charge on any atom is -0.494 e. The lowest BCUT2D eigenvalue weighted by atomic mass is 10.1.